The Balaban J connectivity index is 1.47. The van der Waals surface area contributed by atoms with Gasteiger partial charge in [-0.05, 0) is 73.0 Å². The highest BCUT2D eigenvalue weighted by atomic mass is 16.5. The molecule has 0 saturated carbocycles. The zero-order valence-electron chi connectivity index (χ0n) is 19.1. The lowest BCUT2D eigenvalue weighted by Gasteiger charge is -2.10. The van der Waals surface area contributed by atoms with Gasteiger partial charge in [-0.2, -0.15) is 0 Å². The van der Waals surface area contributed by atoms with Gasteiger partial charge in [-0.15, -0.1) is 0 Å². The summed E-state index contributed by atoms with van der Waals surface area (Å²) >= 11 is 0. The number of para-hydroxylation sites is 1. The van der Waals surface area contributed by atoms with Crippen molar-refractivity contribution in [1.29, 1.82) is 0 Å². The molecule has 34 heavy (non-hydrogen) atoms. The normalized spacial score (nSPS) is 11.2. The number of hydrogen-bond donors (Lipinski definition) is 0. The van der Waals surface area contributed by atoms with Crippen molar-refractivity contribution in [3.05, 3.63) is 115 Å². The number of aryl methyl sites for hydroxylation is 2. The first-order valence-electron chi connectivity index (χ1n) is 11.3. The molecule has 0 aliphatic rings. The third-order valence-corrected chi connectivity index (χ3v) is 6.02. The molecule has 0 aliphatic heterocycles. The maximum absolute atomic E-state index is 6.10. The molecule has 0 fully saturated rings. The zero-order valence-corrected chi connectivity index (χ0v) is 19.1. The van der Waals surface area contributed by atoms with E-state index in [4.69, 9.17) is 4.74 Å². The van der Waals surface area contributed by atoms with E-state index in [1.54, 1.807) is 0 Å². The molecule has 164 valence electrons. The first-order valence-corrected chi connectivity index (χ1v) is 11.3. The van der Waals surface area contributed by atoms with Crippen LogP contribution in [-0.4, -0.2) is 14.5 Å². The van der Waals surface area contributed by atoms with E-state index in [2.05, 4.69) is 69.1 Å². The fourth-order valence-corrected chi connectivity index (χ4v) is 4.60. The highest BCUT2D eigenvalue weighted by Crippen LogP contribution is 2.35. The maximum Gasteiger partial charge on any atom is 0.219 e. The minimum absolute atomic E-state index is 0.611. The molecule has 0 saturated heterocycles. The second-order valence-electron chi connectivity index (χ2n) is 8.53. The quantitative estimate of drug-likeness (QED) is 0.282. The minimum atomic E-state index is 0.611. The molecule has 6 rings (SSSR count). The Morgan fingerprint density at radius 3 is 2.35 bits per heavy atom. The van der Waals surface area contributed by atoms with Crippen LogP contribution in [0.1, 0.15) is 11.3 Å². The average molecular weight is 442 g/mol. The second-order valence-corrected chi connectivity index (χ2v) is 8.53. The number of aromatic nitrogens is 3. The first-order chi connectivity index (χ1) is 16.7. The Labute approximate surface area is 198 Å². The van der Waals surface area contributed by atoms with Crippen molar-refractivity contribution < 1.29 is 4.74 Å². The topological polar surface area (TPSA) is 39.9 Å². The van der Waals surface area contributed by atoms with E-state index >= 15 is 0 Å². The SMILES string of the molecule is Cc1cc(C)nc(Oc2cccc(-c3ccc4c5ccccc5n(-c5ccccn5)c4c3)c2)c1. The summed E-state index contributed by atoms with van der Waals surface area (Å²) in [5, 5.41) is 2.42. The van der Waals surface area contributed by atoms with E-state index in [1.807, 2.05) is 62.5 Å². The third-order valence-electron chi connectivity index (χ3n) is 6.02. The second kappa shape index (κ2) is 8.16. The van der Waals surface area contributed by atoms with Crippen LogP contribution in [0, 0.1) is 13.8 Å². The standard InChI is InChI=1S/C30H23N3O/c1-20-16-21(2)32-30(17-20)34-24-9-7-8-22(18-24)23-13-14-26-25-10-3-4-11-27(25)33(28(26)19-23)29-12-5-6-15-31-29/h3-19H,1-2H3. The molecule has 4 heteroatoms. The molecular formula is C30H23N3O. The van der Waals surface area contributed by atoms with Crippen molar-refractivity contribution >= 4 is 21.8 Å². The van der Waals surface area contributed by atoms with Gasteiger partial charge in [-0.1, -0.05) is 48.5 Å². The number of benzene rings is 3. The molecule has 4 nitrogen and oxygen atoms in total. The largest absolute Gasteiger partial charge is 0.439 e. The predicted molar refractivity (Wildman–Crippen MR) is 138 cm³/mol. The van der Waals surface area contributed by atoms with E-state index in [-0.39, 0.29) is 0 Å². The summed E-state index contributed by atoms with van der Waals surface area (Å²) < 4.78 is 8.33. The predicted octanol–water partition coefficient (Wildman–Crippen LogP) is 7.65. The first kappa shape index (κ1) is 20.2. The number of hydrogen-bond acceptors (Lipinski definition) is 3. The molecule has 0 spiro atoms. The molecular weight excluding hydrogens is 418 g/mol. The molecule has 0 bridgehead atoms. The Morgan fingerprint density at radius 1 is 0.676 bits per heavy atom. The summed E-state index contributed by atoms with van der Waals surface area (Å²) in [6, 6.07) is 33.2. The van der Waals surface area contributed by atoms with E-state index in [0.29, 0.717) is 5.88 Å². The summed E-state index contributed by atoms with van der Waals surface area (Å²) in [7, 11) is 0. The van der Waals surface area contributed by atoms with Gasteiger partial charge in [-0.25, -0.2) is 9.97 Å². The monoisotopic (exact) mass is 441 g/mol. The van der Waals surface area contributed by atoms with Crippen LogP contribution in [-0.2, 0) is 0 Å². The lowest BCUT2D eigenvalue weighted by Crippen LogP contribution is -1.96. The van der Waals surface area contributed by atoms with Crippen LogP contribution in [0.15, 0.2) is 103 Å². The number of fused-ring (bicyclic) bond motifs is 3. The van der Waals surface area contributed by atoms with Crippen LogP contribution in [0.2, 0.25) is 0 Å². The molecule has 3 aromatic carbocycles. The Hall–Kier alpha value is -4.44. The highest BCUT2D eigenvalue weighted by molar-refractivity contribution is 6.10. The van der Waals surface area contributed by atoms with Gasteiger partial charge >= 0.3 is 0 Å². The fourth-order valence-electron chi connectivity index (χ4n) is 4.60. The van der Waals surface area contributed by atoms with Gasteiger partial charge in [-0.3, -0.25) is 4.57 Å². The van der Waals surface area contributed by atoms with E-state index in [0.717, 1.165) is 45.0 Å². The minimum Gasteiger partial charge on any atom is -0.439 e. The van der Waals surface area contributed by atoms with Crippen molar-refractivity contribution in [2.75, 3.05) is 0 Å². The van der Waals surface area contributed by atoms with Gasteiger partial charge in [0.15, 0.2) is 0 Å². The Kier molecular flexibility index (Phi) is 4.84. The van der Waals surface area contributed by atoms with Crippen LogP contribution in [0.3, 0.4) is 0 Å². The zero-order chi connectivity index (χ0) is 23.1. The number of ether oxygens (including phenoxy) is 1. The lowest BCUT2D eigenvalue weighted by molar-refractivity contribution is 0.461. The molecule has 0 aliphatic carbocycles. The fraction of sp³-hybridized carbons (Fsp3) is 0.0667. The summed E-state index contributed by atoms with van der Waals surface area (Å²) in [6.45, 7) is 4.03. The molecule has 0 atom stereocenters. The molecule has 0 N–H and O–H groups in total. The average Bonchev–Trinajstić information content (AvgIpc) is 3.18. The maximum atomic E-state index is 6.10. The van der Waals surface area contributed by atoms with Gasteiger partial charge in [0.25, 0.3) is 0 Å². The van der Waals surface area contributed by atoms with Crippen molar-refractivity contribution in [2.45, 2.75) is 13.8 Å². The molecule has 0 amide bonds. The Morgan fingerprint density at radius 2 is 1.50 bits per heavy atom. The van der Waals surface area contributed by atoms with Crippen LogP contribution in [0.5, 0.6) is 11.6 Å². The van der Waals surface area contributed by atoms with Crippen molar-refractivity contribution in [1.82, 2.24) is 14.5 Å². The van der Waals surface area contributed by atoms with E-state index in [1.165, 1.54) is 10.8 Å². The van der Waals surface area contributed by atoms with Gasteiger partial charge < -0.3 is 4.74 Å². The number of rotatable bonds is 4. The van der Waals surface area contributed by atoms with E-state index < -0.39 is 0 Å². The third kappa shape index (κ3) is 3.59. The van der Waals surface area contributed by atoms with E-state index in [9.17, 15) is 0 Å². The van der Waals surface area contributed by atoms with Crippen molar-refractivity contribution in [3.63, 3.8) is 0 Å². The van der Waals surface area contributed by atoms with Gasteiger partial charge in [0, 0.05) is 28.7 Å². The van der Waals surface area contributed by atoms with Crippen LogP contribution >= 0.6 is 0 Å². The molecule has 6 aromatic rings. The summed E-state index contributed by atoms with van der Waals surface area (Å²) in [6.07, 6.45) is 1.83. The molecule has 0 unspecified atom stereocenters. The summed E-state index contributed by atoms with van der Waals surface area (Å²) in [5.41, 5.74) is 6.55. The van der Waals surface area contributed by atoms with Gasteiger partial charge in [0.1, 0.15) is 11.6 Å². The molecule has 3 aromatic heterocycles. The summed E-state index contributed by atoms with van der Waals surface area (Å²) in [4.78, 5) is 9.14. The summed E-state index contributed by atoms with van der Waals surface area (Å²) in [5.74, 6) is 2.28. The van der Waals surface area contributed by atoms with Crippen LogP contribution in [0.4, 0.5) is 0 Å². The number of pyridine rings is 2. The molecule has 3 heterocycles. The number of nitrogens with zero attached hydrogens (tertiary/aromatic N) is 3. The van der Waals surface area contributed by atoms with Gasteiger partial charge in [0.2, 0.25) is 5.88 Å². The Bertz CT molecular complexity index is 1630. The van der Waals surface area contributed by atoms with Crippen molar-refractivity contribution in [2.24, 2.45) is 0 Å². The highest BCUT2D eigenvalue weighted by Gasteiger charge is 2.14. The van der Waals surface area contributed by atoms with Gasteiger partial charge in [0.05, 0.1) is 11.0 Å². The van der Waals surface area contributed by atoms with Crippen LogP contribution < -0.4 is 4.74 Å². The van der Waals surface area contributed by atoms with Crippen molar-refractivity contribution in [3.8, 4) is 28.6 Å². The van der Waals surface area contributed by atoms with Crippen LogP contribution in [0.25, 0.3) is 38.8 Å². The lowest BCUT2D eigenvalue weighted by atomic mass is 10.0. The smallest absolute Gasteiger partial charge is 0.219 e. The molecule has 0 radical (unpaired) electrons.